The molecule has 4 heteroatoms. The van der Waals surface area contributed by atoms with Crippen LogP contribution in [0.2, 0.25) is 0 Å². The standard InChI is InChI=1S/C14H23N3S/c1-9-7-11(13(15)18)8-12(16-9)17(6)10(2)14(3,4)5/h7-8,10H,1-6H3,(H2,15,18). The highest BCUT2D eigenvalue weighted by Crippen LogP contribution is 2.26. The monoisotopic (exact) mass is 265 g/mol. The molecular weight excluding hydrogens is 242 g/mol. The number of nitrogens with zero attached hydrogens (tertiary/aromatic N) is 2. The predicted molar refractivity (Wildman–Crippen MR) is 82.2 cm³/mol. The van der Waals surface area contributed by atoms with Crippen molar-refractivity contribution in [3.05, 3.63) is 23.4 Å². The zero-order valence-corrected chi connectivity index (χ0v) is 12.9. The summed E-state index contributed by atoms with van der Waals surface area (Å²) in [4.78, 5) is 7.15. The smallest absolute Gasteiger partial charge is 0.129 e. The van der Waals surface area contributed by atoms with Gasteiger partial charge in [0, 0.05) is 24.3 Å². The van der Waals surface area contributed by atoms with E-state index in [9.17, 15) is 0 Å². The van der Waals surface area contributed by atoms with Gasteiger partial charge in [0.25, 0.3) is 0 Å². The molecule has 0 bridgehead atoms. The third-order valence-corrected chi connectivity index (χ3v) is 3.66. The lowest BCUT2D eigenvalue weighted by atomic mass is 9.87. The molecule has 0 saturated heterocycles. The summed E-state index contributed by atoms with van der Waals surface area (Å²) in [6, 6.07) is 4.24. The fourth-order valence-corrected chi connectivity index (χ4v) is 1.87. The average Bonchev–Trinajstić information content (AvgIpc) is 2.24. The van der Waals surface area contributed by atoms with Crippen LogP contribution in [0.5, 0.6) is 0 Å². The second kappa shape index (κ2) is 5.22. The second-order valence-electron chi connectivity index (χ2n) is 5.87. The molecule has 1 atom stereocenters. The van der Waals surface area contributed by atoms with Crippen LogP contribution in [0.15, 0.2) is 12.1 Å². The summed E-state index contributed by atoms with van der Waals surface area (Å²) in [5.74, 6) is 0.917. The molecule has 0 radical (unpaired) electrons. The molecule has 0 aromatic carbocycles. The summed E-state index contributed by atoms with van der Waals surface area (Å²) in [6.07, 6.45) is 0. The van der Waals surface area contributed by atoms with Crippen LogP contribution < -0.4 is 10.6 Å². The van der Waals surface area contributed by atoms with Crippen molar-refractivity contribution in [3.8, 4) is 0 Å². The first-order valence-electron chi connectivity index (χ1n) is 6.14. The highest BCUT2D eigenvalue weighted by Gasteiger charge is 2.25. The Morgan fingerprint density at radius 2 is 1.94 bits per heavy atom. The lowest BCUT2D eigenvalue weighted by Gasteiger charge is -2.36. The summed E-state index contributed by atoms with van der Waals surface area (Å²) in [6.45, 7) is 10.8. The Morgan fingerprint density at radius 1 is 1.39 bits per heavy atom. The number of nitrogens with two attached hydrogens (primary N) is 1. The summed E-state index contributed by atoms with van der Waals surface area (Å²) < 4.78 is 0. The van der Waals surface area contributed by atoms with Gasteiger partial charge in [-0.1, -0.05) is 33.0 Å². The minimum atomic E-state index is 0.184. The fourth-order valence-electron chi connectivity index (χ4n) is 1.75. The van der Waals surface area contributed by atoms with E-state index in [1.165, 1.54) is 0 Å². The van der Waals surface area contributed by atoms with Crippen LogP contribution in [0.4, 0.5) is 5.82 Å². The number of pyridine rings is 1. The molecule has 0 fully saturated rings. The van der Waals surface area contributed by atoms with Gasteiger partial charge in [0.05, 0.1) is 0 Å². The molecule has 1 aromatic rings. The van der Waals surface area contributed by atoms with E-state index in [0.717, 1.165) is 17.1 Å². The number of hydrogen-bond acceptors (Lipinski definition) is 3. The Hall–Kier alpha value is -1.16. The van der Waals surface area contributed by atoms with Gasteiger partial charge < -0.3 is 10.6 Å². The Labute approximate surface area is 115 Å². The number of rotatable bonds is 3. The van der Waals surface area contributed by atoms with Crippen molar-refractivity contribution in [2.45, 2.75) is 40.7 Å². The summed E-state index contributed by atoms with van der Waals surface area (Å²) in [7, 11) is 2.06. The van der Waals surface area contributed by atoms with Gasteiger partial charge in [-0.05, 0) is 31.4 Å². The van der Waals surface area contributed by atoms with Crippen LogP contribution in [0.25, 0.3) is 0 Å². The van der Waals surface area contributed by atoms with E-state index >= 15 is 0 Å². The molecule has 1 unspecified atom stereocenters. The van der Waals surface area contributed by atoms with Gasteiger partial charge >= 0.3 is 0 Å². The molecule has 0 aliphatic carbocycles. The molecule has 1 aromatic heterocycles. The zero-order valence-electron chi connectivity index (χ0n) is 12.1. The maximum atomic E-state index is 5.70. The Kier molecular flexibility index (Phi) is 4.32. The van der Waals surface area contributed by atoms with Crippen LogP contribution >= 0.6 is 12.2 Å². The third kappa shape index (κ3) is 3.42. The molecule has 0 saturated carbocycles. The van der Waals surface area contributed by atoms with Crippen LogP contribution in [0, 0.1) is 12.3 Å². The van der Waals surface area contributed by atoms with Crippen molar-refractivity contribution in [3.63, 3.8) is 0 Å². The average molecular weight is 265 g/mol. The Bertz CT molecular complexity index is 449. The van der Waals surface area contributed by atoms with E-state index in [4.69, 9.17) is 18.0 Å². The van der Waals surface area contributed by atoms with Crippen LogP contribution in [-0.4, -0.2) is 23.1 Å². The lowest BCUT2D eigenvalue weighted by Crippen LogP contribution is -2.40. The molecule has 0 amide bonds. The van der Waals surface area contributed by atoms with Gasteiger partial charge in [-0.2, -0.15) is 0 Å². The van der Waals surface area contributed by atoms with Crippen molar-refractivity contribution < 1.29 is 0 Å². The first-order chi connectivity index (χ1) is 8.12. The first kappa shape index (κ1) is 14.9. The quantitative estimate of drug-likeness (QED) is 0.853. The summed E-state index contributed by atoms with van der Waals surface area (Å²) in [5, 5.41) is 0. The van der Waals surface area contributed by atoms with Gasteiger partial charge in [0.15, 0.2) is 0 Å². The fraction of sp³-hybridized carbons (Fsp3) is 0.571. The third-order valence-electron chi connectivity index (χ3n) is 3.42. The van der Waals surface area contributed by atoms with Crippen molar-refractivity contribution in [2.24, 2.45) is 11.1 Å². The van der Waals surface area contributed by atoms with Crippen molar-refractivity contribution >= 4 is 23.0 Å². The lowest BCUT2D eigenvalue weighted by molar-refractivity contribution is 0.328. The van der Waals surface area contributed by atoms with Gasteiger partial charge in [-0.15, -0.1) is 0 Å². The highest BCUT2D eigenvalue weighted by molar-refractivity contribution is 7.80. The van der Waals surface area contributed by atoms with E-state index in [0.29, 0.717) is 11.0 Å². The summed E-state index contributed by atoms with van der Waals surface area (Å²) in [5.41, 5.74) is 7.69. The van der Waals surface area contributed by atoms with Crippen LogP contribution in [-0.2, 0) is 0 Å². The molecule has 100 valence electrons. The SMILES string of the molecule is Cc1cc(C(N)=S)cc(N(C)C(C)C(C)(C)C)n1. The highest BCUT2D eigenvalue weighted by atomic mass is 32.1. The van der Waals surface area contributed by atoms with Gasteiger partial charge in [-0.3, -0.25) is 0 Å². The van der Waals surface area contributed by atoms with E-state index in [2.05, 4.69) is 44.6 Å². The summed E-state index contributed by atoms with van der Waals surface area (Å²) >= 11 is 5.04. The Balaban J connectivity index is 3.13. The number of aryl methyl sites for hydroxylation is 1. The normalized spacial score (nSPS) is 13.2. The van der Waals surface area contributed by atoms with Gasteiger partial charge in [0.1, 0.15) is 10.8 Å². The number of anilines is 1. The molecule has 0 aliphatic heterocycles. The molecule has 0 spiro atoms. The molecule has 1 rings (SSSR count). The minimum absolute atomic E-state index is 0.184. The Morgan fingerprint density at radius 3 is 2.39 bits per heavy atom. The number of aromatic nitrogens is 1. The molecule has 3 nitrogen and oxygen atoms in total. The number of hydrogen-bond donors (Lipinski definition) is 1. The second-order valence-corrected chi connectivity index (χ2v) is 6.31. The molecular formula is C14H23N3S. The first-order valence-corrected chi connectivity index (χ1v) is 6.55. The largest absolute Gasteiger partial charge is 0.389 e. The van der Waals surface area contributed by atoms with Crippen molar-refractivity contribution in [1.82, 2.24) is 4.98 Å². The maximum Gasteiger partial charge on any atom is 0.129 e. The minimum Gasteiger partial charge on any atom is -0.389 e. The molecule has 1 heterocycles. The molecule has 18 heavy (non-hydrogen) atoms. The van der Waals surface area contributed by atoms with Crippen LogP contribution in [0.1, 0.15) is 39.0 Å². The topological polar surface area (TPSA) is 42.1 Å². The van der Waals surface area contributed by atoms with Crippen molar-refractivity contribution in [1.29, 1.82) is 0 Å². The van der Waals surface area contributed by atoms with Gasteiger partial charge in [-0.25, -0.2) is 4.98 Å². The predicted octanol–water partition coefficient (Wildman–Crippen LogP) is 2.90. The van der Waals surface area contributed by atoms with E-state index in [-0.39, 0.29) is 5.41 Å². The van der Waals surface area contributed by atoms with Crippen molar-refractivity contribution in [2.75, 3.05) is 11.9 Å². The molecule has 2 N–H and O–H groups in total. The number of thiocarbonyl (C=S) groups is 1. The van der Waals surface area contributed by atoms with E-state index in [1.807, 2.05) is 19.1 Å². The zero-order chi connectivity index (χ0) is 14.1. The van der Waals surface area contributed by atoms with Crippen LogP contribution in [0.3, 0.4) is 0 Å². The van der Waals surface area contributed by atoms with E-state index in [1.54, 1.807) is 0 Å². The molecule has 0 aliphatic rings. The van der Waals surface area contributed by atoms with E-state index < -0.39 is 0 Å². The maximum absolute atomic E-state index is 5.70. The van der Waals surface area contributed by atoms with Gasteiger partial charge in [0.2, 0.25) is 0 Å².